The second-order valence-electron chi connectivity index (χ2n) is 18.4. The molecule has 2 heterocycles. The lowest BCUT2D eigenvalue weighted by Crippen LogP contribution is -2.08. The summed E-state index contributed by atoms with van der Waals surface area (Å²) < 4.78 is 139. The molecular formula is C51H49ClN12O14S6. The van der Waals surface area contributed by atoms with Crippen molar-refractivity contribution in [2.24, 2.45) is 40.9 Å². The molecule has 0 amide bonds. The Morgan fingerprint density at radius 3 is 1.58 bits per heavy atom. The monoisotopic (exact) mass is 1280 g/mol. The van der Waals surface area contributed by atoms with Crippen molar-refractivity contribution >= 4 is 138 Å². The third-order valence-corrected chi connectivity index (χ3v) is 18.1. The number of pyridine rings is 1. The average molecular weight is 1280 g/mol. The van der Waals surface area contributed by atoms with Crippen LogP contribution in [0.5, 0.6) is 11.6 Å². The van der Waals surface area contributed by atoms with Crippen LogP contribution in [0.1, 0.15) is 58.2 Å². The second kappa shape index (κ2) is 26.7. The molecule has 5 N–H and O–H groups in total. The fourth-order valence-electron chi connectivity index (χ4n) is 8.05. The summed E-state index contributed by atoms with van der Waals surface area (Å²) in [5.74, 6) is -1.89. The van der Waals surface area contributed by atoms with Gasteiger partial charge in [0.2, 0.25) is 5.88 Å². The van der Waals surface area contributed by atoms with Crippen LogP contribution in [0.4, 0.5) is 45.5 Å². The van der Waals surface area contributed by atoms with E-state index in [4.69, 9.17) is 16.3 Å². The van der Waals surface area contributed by atoms with Crippen LogP contribution in [0, 0.1) is 57.3 Å². The molecule has 0 aliphatic heterocycles. The number of thioether (sulfide) groups is 2. The molecule has 2 aromatic heterocycles. The van der Waals surface area contributed by atoms with Crippen molar-refractivity contribution in [1.82, 2.24) is 9.38 Å². The van der Waals surface area contributed by atoms with Crippen LogP contribution in [-0.2, 0) is 40.5 Å². The Morgan fingerprint density at radius 1 is 0.583 bits per heavy atom. The largest absolute Gasteiger partial charge is 0.493 e. The molecule has 84 heavy (non-hydrogen) atoms. The molecule has 0 radical (unpaired) electrons. The molecule has 0 aliphatic rings. The number of nitriles is 2. The lowest BCUT2D eigenvalue weighted by Gasteiger charge is -2.12. The van der Waals surface area contributed by atoms with Gasteiger partial charge in [-0.25, -0.2) is 4.98 Å². The summed E-state index contributed by atoms with van der Waals surface area (Å²) in [6, 6.07) is 20.6. The molecule has 26 nitrogen and oxygen atoms in total. The number of azo groups is 4. The highest BCUT2D eigenvalue weighted by Gasteiger charge is 2.25. The highest BCUT2D eigenvalue weighted by Crippen LogP contribution is 2.44. The van der Waals surface area contributed by atoms with Crippen molar-refractivity contribution in [3.63, 3.8) is 0 Å². The minimum atomic E-state index is -4.73. The van der Waals surface area contributed by atoms with Crippen molar-refractivity contribution in [3.8, 4) is 23.8 Å². The van der Waals surface area contributed by atoms with E-state index in [0.29, 0.717) is 48.6 Å². The molecule has 440 valence electrons. The number of hydrogen-bond acceptors (Lipinski definition) is 23. The average Bonchev–Trinajstić information content (AvgIpc) is 1.74. The molecule has 0 saturated carbocycles. The molecule has 33 heteroatoms. The number of hydrogen-bond donors (Lipinski definition) is 5. The number of fused-ring (bicyclic) bond motifs is 3. The standard InChI is InChI=1S/C51H49ClN12O14S6/c1-28-19-41(60-63-48-31(4)35(27-54)50-55-37-11-12-47(84(75,76)77)32(5)49(37)64(50)51(48)65)44(78-13-6-16-81(66,67)68)23-38(28)57-61-42-21-30(3)40(25-46(42)80-15-8-18-83(72,73)74)59-62-43-20-29(2)39(24-45(43)79-14-7-17-82(69,70)71)58-56-36-10-9-34(52)22-33(36)26-53/h9-12,19-25,65H,6-8,13-18H2,1-5H3,(H,66,67,68)(H,69,70,71)(H,72,73,74)(H,75,76,77). The van der Waals surface area contributed by atoms with E-state index in [1.54, 1.807) is 57.2 Å². The molecule has 0 aliphatic carbocycles. The van der Waals surface area contributed by atoms with Gasteiger partial charge in [-0.3, -0.25) is 22.6 Å². The Balaban J connectivity index is 1.27. The third kappa shape index (κ3) is 16.5. The number of nitrogens with zero attached hydrogens (tertiary/aromatic N) is 12. The van der Waals surface area contributed by atoms with Gasteiger partial charge in [-0.2, -0.15) is 59.5 Å². The number of rotatable bonds is 24. The zero-order valence-corrected chi connectivity index (χ0v) is 50.5. The van der Waals surface area contributed by atoms with E-state index in [0.717, 1.165) is 10.5 Å². The van der Waals surface area contributed by atoms with Gasteiger partial charge in [0.25, 0.3) is 40.5 Å². The Kier molecular flexibility index (Phi) is 20.4. The van der Waals surface area contributed by atoms with Crippen molar-refractivity contribution in [2.75, 3.05) is 35.4 Å². The van der Waals surface area contributed by atoms with E-state index in [9.17, 15) is 67.5 Å². The van der Waals surface area contributed by atoms with Crippen LogP contribution in [0.15, 0.2) is 122 Å². The number of halogens is 1. The molecule has 7 aromatic rings. The van der Waals surface area contributed by atoms with Crippen LogP contribution >= 0.6 is 35.1 Å². The van der Waals surface area contributed by atoms with Crippen molar-refractivity contribution in [2.45, 2.75) is 68.6 Å². The van der Waals surface area contributed by atoms with E-state index in [-0.39, 0.29) is 110 Å². The van der Waals surface area contributed by atoms with Crippen LogP contribution in [0.25, 0.3) is 16.7 Å². The third-order valence-electron chi connectivity index (χ3n) is 12.2. The first kappa shape index (κ1) is 64.2. The van der Waals surface area contributed by atoms with Gasteiger partial charge < -0.3 is 9.84 Å². The van der Waals surface area contributed by atoms with Crippen LogP contribution in [0.2, 0.25) is 5.02 Å². The quantitative estimate of drug-likeness (QED) is 0.0162. The van der Waals surface area contributed by atoms with Crippen molar-refractivity contribution in [1.29, 1.82) is 10.5 Å². The topological polar surface area (TPSA) is 411 Å². The Morgan fingerprint density at radius 2 is 1.07 bits per heavy atom. The molecule has 0 unspecified atom stereocenters. The number of imidazole rings is 1. The summed E-state index contributed by atoms with van der Waals surface area (Å²) in [6.07, 6.45) is -0.0569. The van der Waals surface area contributed by atoms with E-state index in [1.165, 1.54) is 61.6 Å². The minimum Gasteiger partial charge on any atom is -0.493 e. The molecule has 0 spiro atoms. The Hall–Kier alpha value is -7.34. The Bertz CT molecular complexity index is 4470. The second-order valence-corrected chi connectivity index (χ2v) is 27.3. The van der Waals surface area contributed by atoms with Crippen LogP contribution < -0.4 is 4.74 Å². The van der Waals surface area contributed by atoms with E-state index >= 15 is 0 Å². The van der Waals surface area contributed by atoms with Gasteiger partial charge in [0.15, 0.2) is 11.3 Å². The number of benzene rings is 5. The van der Waals surface area contributed by atoms with E-state index < -0.39 is 68.5 Å². The van der Waals surface area contributed by atoms with Gasteiger partial charge in [0, 0.05) is 26.4 Å². The molecule has 0 saturated heterocycles. The van der Waals surface area contributed by atoms with E-state index in [1.807, 2.05) is 12.1 Å². The number of ether oxygens (including phenoxy) is 1. The molecule has 7 rings (SSSR count). The maximum Gasteiger partial charge on any atom is 0.294 e. The molecular weight excluding hydrogens is 1230 g/mol. The summed E-state index contributed by atoms with van der Waals surface area (Å²) in [6.45, 7) is 7.71. The van der Waals surface area contributed by atoms with Gasteiger partial charge in [0.05, 0.1) is 73.8 Å². The van der Waals surface area contributed by atoms with Gasteiger partial charge >= 0.3 is 0 Å². The fraction of sp³-hybridized carbons (Fsp3) is 0.275. The van der Waals surface area contributed by atoms with E-state index in [2.05, 4.69) is 45.9 Å². The highest BCUT2D eigenvalue weighted by molar-refractivity contribution is 7.99. The van der Waals surface area contributed by atoms with Gasteiger partial charge in [-0.15, -0.1) is 49.1 Å². The molecule has 5 aromatic carbocycles. The van der Waals surface area contributed by atoms with Gasteiger partial charge in [-0.05, 0) is 148 Å². The SMILES string of the molecule is Cc1cc(N=Nc2cc(SCCCS(=O)(=O)O)c(N=Nc3cc(OCCCS(=O)(=O)O)c(N=Nc4c(C)c(C#N)c5nc6ccc(S(=O)(=O)O)c(C)c6n5c4O)cc3C)cc2C)c(SCCCS(=O)(=O)O)cc1N=Nc1ccc(Cl)cc1C#N. The van der Waals surface area contributed by atoms with Crippen molar-refractivity contribution in [3.05, 3.63) is 111 Å². The maximum atomic E-state index is 12.2. The van der Waals surface area contributed by atoms with Crippen LogP contribution in [0.3, 0.4) is 0 Å². The van der Waals surface area contributed by atoms with Gasteiger partial charge in [0.1, 0.15) is 34.8 Å². The number of aromatic nitrogens is 2. The lowest BCUT2D eigenvalue weighted by atomic mass is 10.1. The normalized spacial score (nSPS) is 12.7. The van der Waals surface area contributed by atoms with Crippen LogP contribution in [-0.4, -0.2) is 102 Å². The lowest BCUT2D eigenvalue weighted by molar-refractivity contribution is 0.317. The fourth-order valence-corrected chi connectivity index (χ4v) is 12.7. The summed E-state index contributed by atoms with van der Waals surface area (Å²) in [7, 11) is -17.7. The first-order valence-electron chi connectivity index (χ1n) is 24.5. The highest BCUT2D eigenvalue weighted by atomic mass is 35.5. The number of aromatic hydroxyl groups is 1. The summed E-state index contributed by atoms with van der Waals surface area (Å²) in [4.78, 5) is 4.94. The van der Waals surface area contributed by atoms with Gasteiger partial charge in [-0.1, -0.05) is 11.6 Å². The summed E-state index contributed by atoms with van der Waals surface area (Å²) in [5, 5.41) is 67.5. The number of aryl methyl sites for hydroxylation is 4. The smallest absolute Gasteiger partial charge is 0.294 e. The first-order chi connectivity index (χ1) is 39.4. The minimum absolute atomic E-state index is 0.0113. The zero-order valence-electron chi connectivity index (χ0n) is 44.8. The Labute approximate surface area is 495 Å². The summed E-state index contributed by atoms with van der Waals surface area (Å²) >= 11 is 8.46. The predicted octanol–water partition coefficient (Wildman–Crippen LogP) is 13.4. The maximum absolute atomic E-state index is 12.2. The van der Waals surface area contributed by atoms with Crippen molar-refractivity contribution < 1.29 is 61.7 Å². The summed E-state index contributed by atoms with van der Waals surface area (Å²) in [5.41, 5.74) is 3.67. The molecule has 0 fully saturated rings. The predicted molar refractivity (Wildman–Crippen MR) is 315 cm³/mol. The first-order valence-corrected chi connectivity index (χ1v) is 33.2. The molecule has 0 bridgehead atoms. The molecule has 0 atom stereocenters. The zero-order chi connectivity index (χ0) is 61.5.